The van der Waals surface area contributed by atoms with Gasteiger partial charge in [0.25, 0.3) is 0 Å². The maximum Gasteiger partial charge on any atom is 0.0822 e. The summed E-state index contributed by atoms with van der Waals surface area (Å²) in [6, 6.07) is 0. The fraction of sp³-hybridized carbons (Fsp3) is 0.200. The van der Waals surface area contributed by atoms with Crippen LogP contribution in [0, 0.1) is 6.20 Å². The van der Waals surface area contributed by atoms with Crippen LogP contribution in [0.2, 0.25) is 0 Å². The monoisotopic (exact) mass is 95.1 g/mol. The lowest BCUT2D eigenvalue weighted by Gasteiger charge is -2.08. The van der Waals surface area contributed by atoms with Crippen LogP contribution >= 0.6 is 0 Å². The first-order valence-corrected chi connectivity index (χ1v) is 2.13. The molecule has 0 saturated carbocycles. The third kappa shape index (κ3) is 0.961. The molecule has 0 aromatic heterocycles. The first-order valence-electron chi connectivity index (χ1n) is 2.13. The Morgan fingerprint density at radius 2 is 2.57 bits per heavy atom. The predicted molar refractivity (Wildman–Crippen MR) is 27.9 cm³/mol. The summed E-state index contributed by atoms with van der Waals surface area (Å²) in [5.41, 5.74) is 0. The molecule has 1 aliphatic heterocycles. The van der Waals surface area contributed by atoms with Crippen LogP contribution in [0.4, 0.5) is 0 Å². The second-order valence-corrected chi connectivity index (χ2v) is 1.37. The highest BCUT2D eigenvalue weighted by Crippen LogP contribution is 1.86. The maximum absolute atomic E-state index is 2.89. The van der Waals surface area contributed by atoms with Crippen LogP contribution in [-0.2, 0) is 0 Å². The van der Waals surface area contributed by atoms with Gasteiger partial charge in [-0.2, -0.15) is 0 Å². The number of nitrogens with zero attached hydrogens (tertiary/aromatic N) is 1. The third-order valence-electron chi connectivity index (χ3n) is 0.746. The zero-order valence-electron chi connectivity index (χ0n) is 4.18. The predicted octanol–water partition coefficient (Wildman–Crippen LogP) is 0.267. The molecule has 1 radical (unpaired) electrons. The van der Waals surface area contributed by atoms with Crippen molar-refractivity contribution in [3.63, 3.8) is 0 Å². The molecule has 1 aliphatic rings. The molecule has 0 aromatic carbocycles. The van der Waals surface area contributed by atoms with Crippen molar-refractivity contribution in [2.24, 2.45) is 0 Å². The number of rotatable bonds is 0. The summed E-state index contributed by atoms with van der Waals surface area (Å²) in [5.74, 6) is 0. The van der Waals surface area contributed by atoms with Gasteiger partial charge in [-0.25, -0.2) is 0 Å². The Bertz CT molecular complexity index is 92.6. The SMILES string of the molecule is CN1[C]=CNC=C1. The van der Waals surface area contributed by atoms with E-state index in [0.717, 1.165) is 0 Å². The molecule has 37 valence electrons. The Kier molecular flexibility index (Phi) is 1.02. The van der Waals surface area contributed by atoms with E-state index in [1.807, 2.05) is 24.3 Å². The number of nitrogens with one attached hydrogen (secondary N) is 1. The van der Waals surface area contributed by atoms with Gasteiger partial charge in [0, 0.05) is 25.6 Å². The minimum atomic E-state index is 1.75. The van der Waals surface area contributed by atoms with Crippen molar-refractivity contribution in [2.45, 2.75) is 0 Å². The Hall–Kier alpha value is -0.920. The third-order valence-corrected chi connectivity index (χ3v) is 0.746. The van der Waals surface area contributed by atoms with Crippen LogP contribution in [0.15, 0.2) is 18.6 Å². The van der Waals surface area contributed by atoms with E-state index in [1.165, 1.54) is 0 Å². The lowest BCUT2D eigenvalue weighted by Crippen LogP contribution is -2.10. The van der Waals surface area contributed by atoms with Gasteiger partial charge in [0.2, 0.25) is 0 Å². The summed E-state index contributed by atoms with van der Waals surface area (Å²) < 4.78 is 0. The molecule has 0 unspecified atom stereocenters. The molecule has 0 atom stereocenters. The molecular weight excluding hydrogens is 88.1 g/mol. The van der Waals surface area contributed by atoms with E-state index < -0.39 is 0 Å². The van der Waals surface area contributed by atoms with Gasteiger partial charge >= 0.3 is 0 Å². The van der Waals surface area contributed by atoms with E-state index in [4.69, 9.17) is 0 Å². The van der Waals surface area contributed by atoms with Crippen LogP contribution in [0.25, 0.3) is 0 Å². The summed E-state index contributed by atoms with van der Waals surface area (Å²) in [4.78, 5) is 1.84. The summed E-state index contributed by atoms with van der Waals surface area (Å²) in [6.45, 7) is 0. The first-order chi connectivity index (χ1) is 3.39. The van der Waals surface area contributed by atoms with Gasteiger partial charge in [-0.1, -0.05) is 0 Å². The van der Waals surface area contributed by atoms with Crippen molar-refractivity contribution < 1.29 is 0 Å². The van der Waals surface area contributed by atoms with E-state index in [1.54, 1.807) is 6.20 Å². The van der Waals surface area contributed by atoms with Crippen molar-refractivity contribution in [3.8, 4) is 0 Å². The number of hydrogen-bond donors (Lipinski definition) is 1. The largest absolute Gasteiger partial charge is 0.365 e. The molecule has 1 rings (SSSR count). The lowest BCUT2D eigenvalue weighted by molar-refractivity contribution is 0.579. The molecule has 0 aromatic rings. The molecule has 2 heteroatoms. The summed E-state index contributed by atoms with van der Waals surface area (Å²) in [6.07, 6.45) is 8.38. The quantitative estimate of drug-likeness (QED) is 0.464. The maximum atomic E-state index is 2.89. The van der Waals surface area contributed by atoms with Crippen molar-refractivity contribution in [2.75, 3.05) is 7.05 Å². The zero-order chi connectivity index (χ0) is 5.11. The Balaban J connectivity index is 2.49. The zero-order valence-corrected chi connectivity index (χ0v) is 4.18. The molecule has 1 N–H and O–H groups in total. The van der Waals surface area contributed by atoms with Crippen LogP contribution < -0.4 is 5.32 Å². The summed E-state index contributed by atoms with van der Waals surface area (Å²) in [5, 5.41) is 2.86. The van der Waals surface area contributed by atoms with Gasteiger partial charge in [0.1, 0.15) is 0 Å². The minimum absolute atomic E-state index is 1.75. The van der Waals surface area contributed by atoms with Gasteiger partial charge in [0.05, 0.1) is 6.20 Å². The average molecular weight is 95.1 g/mol. The molecule has 0 saturated heterocycles. The van der Waals surface area contributed by atoms with Gasteiger partial charge in [-0.05, 0) is 0 Å². The average Bonchev–Trinajstić information content (AvgIpc) is 1.69. The highest BCUT2D eigenvalue weighted by Gasteiger charge is 1.84. The van der Waals surface area contributed by atoms with E-state index in [0.29, 0.717) is 0 Å². The highest BCUT2D eigenvalue weighted by atomic mass is 15.1. The molecule has 1 heterocycles. The Morgan fingerprint density at radius 3 is 2.86 bits per heavy atom. The van der Waals surface area contributed by atoms with Gasteiger partial charge in [-0.3, -0.25) is 0 Å². The van der Waals surface area contributed by atoms with Crippen LogP contribution in [-0.4, -0.2) is 11.9 Å². The van der Waals surface area contributed by atoms with Crippen molar-refractivity contribution in [3.05, 3.63) is 24.8 Å². The van der Waals surface area contributed by atoms with Crippen molar-refractivity contribution in [1.82, 2.24) is 10.2 Å². The number of hydrogen-bond acceptors (Lipinski definition) is 2. The standard InChI is InChI=1S/C5H7N2/c1-7-4-2-6-3-5-7/h2-4,6H,1H3. The topological polar surface area (TPSA) is 15.3 Å². The molecule has 0 amide bonds. The van der Waals surface area contributed by atoms with Crippen LogP contribution in [0.5, 0.6) is 0 Å². The summed E-state index contributed by atoms with van der Waals surface area (Å²) in [7, 11) is 1.92. The summed E-state index contributed by atoms with van der Waals surface area (Å²) >= 11 is 0. The molecule has 0 bridgehead atoms. The molecule has 0 fully saturated rings. The minimum Gasteiger partial charge on any atom is -0.365 e. The molecule has 7 heavy (non-hydrogen) atoms. The molecule has 2 nitrogen and oxygen atoms in total. The lowest BCUT2D eigenvalue weighted by atomic mass is 10.6. The second-order valence-electron chi connectivity index (χ2n) is 1.37. The van der Waals surface area contributed by atoms with Gasteiger partial charge in [0.15, 0.2) is 0 Å². The fourth-order valence-corrected chi connectivity index (χ4v) is 0.385. The first kappa shape index (κ1) is 4.24. The van der Waals surface area contributed by atoms with E-state index in [9.17, 15) is 0 Å². The Labute approximate surface area is 43.1 Å². The normalized spacial score (nSPS) is 17.0. The van der Waals surface area contributed by atoms with Crippen LogP contribution in [0.1, 0.15) is 0 Å². The van der Waals surface area contributed by atoms with Gasteiger partial charge in [-0.15, -0.1) is 0 Å². The van der Waals surface area contributed by atoms with E-state index in [-0.39, 0.29) is 0 Å². The molecule has 0 aliphatic carbocycles. The van der Waals surface area contributed by atoms with E-state index in [2.05, 4.69) is 11.5 Å². The molecule has 0 spiro atoms. The fourth-order valence-electron chi connectivity index (χ4n) is 0.385. The van der Waals surface area contributed by atoms with E-state index >= 15 is 0 Å². The van der Waals surface area contributed by atoms with Crippen molar-refractivity contribution >= 4 is 0 Å². The Morgan fingerprint density at radius 1 is 1.71 bits per heavy atom. The van der Waals surface area contributed by atoms with Gasteiger partial charge < -0.3 is 10.2 Å². The second kappa shape index (κ2) is 1.69. The van der Waals surface area contributed by atoms with Crippen LogP contribution in [0.3, 0.4) is 0 Å². The highest BCUT2D eigenvalue weighted by molar-refractivity contribution is 4.91. The van der Waals surface area contributed by atoms with Crippen molar-refractivity contribution in [1.29, 1.82) is 0 Å². The smallest absolute Gasteiger partial charge is 0.0822 e. The molecular formula is C5H7N2.